The Morgan fingerprint density at radius 2 is 0.457 bits per heavy atom. The molecule has 1 aliphatic carbocycles. The van der Waals surface area contributed by atoms with Crippen LogP contribution >= 0.6 is 0 Å². The van der Waals surface area contributed by atoms with Gasteiger partial charge in [0.05, 0.1) is 0 Å². The molecule has 1 aliphatic rings. The molecule has 0 saturated heterocycles. The molecule has 0 fully saturated rings. The fraction of sp³-hybridized carbons (Fsp3) is 0.241. The van der Waals surface area contributed by atoms with Crippen molar-refractivity contribution < 1.29 is 0 Å². The van der Waals surface area contributed by atoms with Gasteiger partial charge in [0.25, 0.3) is 0 Å². The molecule has 12 aromatic carbocycles. The third-order valence-electron chi connectivity index (χ3n) is 18.0. The Morgan fingerprint density at radius 1 is 0.235 bits per heavy atom. The number of benzene rings is 12. The highest BCUT2D eigenvalue weighted by molar-refractivity contribution is 6.29. The van der Waals surface area contributed by atoms with Crippen LogP contribution in [0.4, 0.5) is 34.1 Å². The molecule has 0 heterocycles. The third kappa shape index (κ3) is 8.76. The maximum Gasteiger partial charge on any atom is 0.0468 e. The second kappa shape index (κ2) is 18.4. The van der Waals surface area contributed by atoms with Gasteiger partial charge in [-0.1, -0.05) is 206 Å². The molecule has 81 heavy (non-hydrogen) atoms. The lowest BCUT2D eigenvalue weighted by molar-refractivity contribution is 0.590. The van der Waals surface area contributed by atoms with Crippen LogP contribution in [0.2, 0.25) is 0 Å². The van der Waals surface area contributed by atoms with E-state index in [0.29, 0.717) is 0 Å². The molecule has 0 amide bonds. The van der Waals surface area contributed by atoms with Crippen molar-refractivity contribution in [2.24, 2.45) is 0 Å². The number of rotatable bonds is 6. The predicted octanol–water partition coefficient (Wildman–Crippen LogP) is 23.0. The molecule has 0 bridgehead atoms. The summed E-state index contributed by atoms with van der Waals surface area (Å²) in [4.78, 5) is 4.87. The first kappa shape index (κ1) is 52.2. The van der Waals surface area contributed by atoms with E-state index in [0.717, 1.165) is 34.1 Å². The van der Waals surface area contributed by atoms with E-state index in [-0.39, 0.29) is 27.1 Å². The Labute approximate surface area is 480 Å². The summed E-state index contributed by atoms with van der Waals surface area (Å²) in [6.45, 7) is 32.3. The van der Waals surface area contributed by atoms with Crippen LogP contribution in [0.1, 0.15) is 130 Å². The van der Waals surface area contributed by atoms with E-state index < -0.39 is 0 Å². The third-order valence-corrected chi connectivity index (χ3v) is 18.0. The zero-order chi connectivity index (χ0) is 56.7. The zero-order valence-corrected chi connectivity index (χ0v) is 50.0. The monoisotopic (exact) mass is 1050 g/mol. The molecule has 0 N–H and O–H groups in total. The van der Waals surface area contributed by atoms with Gasteiger partial charge in [0.2, 0.25) is 0 Å². The second-order valence-electron chi connectivity index (χ2n) is 27.9. The number of hydrogen-bond donors (Lipinski definition) is 0. The van der Waals surface area contributed by atoms with E-state index in [4.69, 9.17) is 0 Å². The molecule has 12 aromatic rings. The van der Waals surface area contributed by atoms with Gasteiger partial charge >= 0.3 is 0 Å². The average molecular weight is 1050 g/mol. The minimum atomic E-state index is -0.257. The van der Waals surface area contributed by atoms with Gasteiger partial charge in [0.1, 0.15) is 0 Å². The summed E-state index contributed by atoms with van der Waals surface area (Å²) < 4.78 is 0. The van der Waals surface area contributed by atoms with Gasteiger partial charge < -0.3 is 9.80 Å². The van der Waals surface area contributed by atoms with Crippen molar-refractivity contribution in [1.29, 1.82) is 0 Å². The molecular formula is C79H76N2. The normalized spacial score (nSPS) is 13.7. The van der Waals surface area contributed by atoms with Crippen LogP contribution in [0.5, 0.6) is 0 Å². The van der Waals surface area contributed by atoms with E-state index >= 15 is 0 Å². The summed E-state index contributed by atoms with van der Waals surface area (Å²) in [7, 11) is 0. The lowest BCUT2D eigenvalue weighted by Crippen LogP contribution is -2.15. The Bertz CT molecular complexity index is 4070. The van der Waals surface area contributed by atoms with E-state index in [1.807, 2.05) is 0 Å². The van der Waals surface area contributed by atoms with Crippen LogP contribution in [-0.4, -0.2) is 0 Å². The predicted molar refractivity (Wildman–Crippen MR) is 353 cm³/mol. The smallest absolute Gasteiger partial charge is 0.0468 e. The highest BCUT2D eigenvalue weighted by Crippen LogP contribution is 2.54. The molecule has 0 atom stereocenters. The first-order valence-corrected chi connectivity index (χ1v) is 29.3. The maximum absolute atomic E-state index is 2.55. The molecule has 0 aliphatic heterocycles. The summed E-state index contributed by atoms with van der Waals surface area (Å²) in [5, 5.41) is 15.3. The number of fused-ring (bicyclic) bond motifs is 15. The topological polar surface area (TPSA) is 6.48 Å². The van der Waals surface area contributed by atoms with Gasteiger partial charge in [-0.15, -0.1) is 0 Å². The van der Waals surface area contributed by atoms with Crippen molar-refractivity contribution in [2.45, 2.75) is 124 Å². The van der Waals surface area contributed by atoms with Gasteiger partial charge in [0.15, 0.2) is 0 Å². The summed E-state index contributed by atoms with van der Waals surface area (Å²) in [6, 6.07) is 79.5. The van der Waals surface area contributed by atoms with Crippen LogP contribution in [0.25, 0.3) is 75.8 Å². The largest absolute Gasteiger partial charge is 0.310 e. The summed E-state index contributed by atoms with van der Waals surface area (Å²) in [6.07, 6.45) is 0. The fourth-order valence-electron chi connectivity index (χ4n) is 13.2. The Balaban J connectivity index is 0.971. The highest BCUT2D eigenvalue weighted by atomic mass is 15.1. The lowest BCUT2D eigenvalue weighted by Gasteiger charge is -2.28. The summed E-state index contributed by atoms with van der Waals surface area (Å²) in [5.41, 5.74) is 17.6. The second-order valence-corrected chi connectivity index (χ2v) is 27.9. The summed E-state index contributed by atoms with van der Waals surface area (Å²) >= 11 is 0. The quantitative estimate of drug-likeness (QED) is 0.153. The van der Waals surface area contributed by atoms with Crippen LogP contribution in [0.3, 0.4) is 0 Å². The van der Waals surface area contributed by atoms with Crippen LogP contribution in [-0.2, 0) is 27.1 Å². The van der Waals surface area contributed by atoms with Crippen molar-refractivity contribution in [3.63, 3.8) is 0 Å². The minimum Gasteiger partial charge on any atom is -0.310 e. The van der Waals surface area contributed by atoms with Gasteiger partial charge in [0, 0.05) is 39.5 Å². The minimum absolute atomic E-state index is 0.0570. The lowest BCUT2D eigenvalue weighted by atomic mass is 9.80. The summed E-state index contributed by atoms with van der Waals surface area (Å²) in [5.74, 6) is 0. The Morgan fingerprint density at radius 3 is 0.716 bits per heavy atom. The molecule has 0 radical (unpaired) electrons. The van der Waals surface area contributed by atoms with Gasteiger partial charge in [-0.05, 0) is 228 Å². The van der Waals surface area contributed by atoms with Crippen LogP contribution in [0, 0.1) is 0 Å². The van der Waals surface area contributed by atoms with Crippen molar-refractivity contribution in [2.75, 3.05) is 9.80 Å². The number of hydrogen-bond acceptors (Lipinski definition) is 2. The fourth-order valence-corrected chi connectivity index (χ4v) is 13.2. The molecule has 0 aromatic heterocycles. The van der Waals surface area contributed by atoms with Crippen LogP contribution < -0.4 is 9.80 Å². The standard InChI is InChI=1S/C79H76N2/c1-75(2,3)49-23-31-53(32-24-49)80(54-33-25-50(26-34-54)76(4,5)6)57-39-41-63-65(43-57)59-19-15-17-21-61(59)67-45-71-72-46-68-62-22-18-16-20-60(62)66-44-58(40-42-64(66)70(68)48-74(72)79(13,14)73(71)47-69(63)67)81(55-35-27-51(28-36-55)77(7,8)9)56-37-29-52(30-38-56)78(10,11)12/h15-48H,1-14H3. The number of anilines is 6. The molecule has 0 spiro atoms. The molecule has 402 valence electrons. The van der Waals surface area contributed by atoms with Crippen molar-refractivity contribution in [1.82, 2.24) is 0 Å². The van der Waals surface area contributed by atoms with E-state index in [2.05, 4.69) is 313 Å². The molecule has 13 rings (SSSR count). The van der Waals surface area contributed by atoms with E-state index in [1.165, 1.54) is 109 Å². The Kier molecular flexibility index (Phi) is 11.9. The molecule has 0 saturated carbocycles. The van der Waals surface area contributed by atoms with Crippen LogP contribution in [0.15, 0.2) is 206 Å². The SMILES string of the molecule is CC(C)(C)c1ccc(N(c2ccc(C(C)(C)C)cc2)c2ccc3c(c2)c2ccccc2c2cc4c(cc32)C(C)(C)c2cc3c5ccc(N(c6ccc(C(C)(C)C)cc6)c6ccc(C(C)(C)C)cc6)cc5c5ccccc5c3cc2-4)cc1. The maximum atomic E-state index is 2.55. The molecule has 2 heteroatoms. The first-order chi connectivity index (χ1) is 38.4. The van der Waals surface area contributed by atoms with Gasteiger partial charge in [-0.2, -0.15) is 0 Å². The van der Waals surface area contributed by atoms with E-state index in [9.17, 15) is 0 Å². The van der Waals surface area contributed by atoms with Gasteiger partial charge in [-0.25, -0.2) is 0 Å². The molecule has 0 unspecified atom stereocenters. The first-order valence-electron chi connectivity index (χ1n) is 29.3. The Hall–Kier alpha value is -8.20. The average Bonchev–Trinajstić information content (AvgIpc) is 2.67. The highest BCUT2D eigenvalue weighted by Gasteiger charge is 2.37. The zero-order valence-electron chi connectivity index (χ0n) is 50.0. The van der Waals surface area contributed by atoms with Crippen molar-refractivity contribution in [3.05, 3.63) is 240 Å². The van der Waals surface area contributed by atoms with Crippen molar-refractivity contribution >= 4 is 98.8 Å². The van der Waals surface area contributed by atoms with E-state index in [1.54, 1.807) is 0 Å². The van der Waals surface area contributed by atoms with Crippen molar-refractivity contribution in [3.8, 4) is 11.1 Å². The molecule has 2 nitrogen and oxygen atoms in total. The molecular weight excluding hydrogens is 977 g/mol. The van der Waals surface area contributed by atoms with Gasteiger partial charge in [-0.3, -0.25) is 0 Å². The number of nitrogens with zero attached hydrogens (tertiary/aromatic N) is 2.